The van der Waals surface area contributed by atoms with Crippen molar-refractivity contribution < 1.29 is 9.47 Å². The van der Waals surface area contributed by atoms with Gasteiger partial charge in [0.2, 0.25) is 4.77 Å². The molecule has 0 fully saturated rings. The molecular formula is C14H19BrN4O2S. The first-order valence-corrected chi connectivity index (χ1v) is 8.11. The van der Waals surface area contributed by atoms with Crippen LogP contribution in [0.1, 0.15) is 24.7 Å². The largest absolute Gasteiger partial charge is 0.493 e. The lowest BCUT2D eigenvalue weighted by Gasteiger charge is -2.15. The Kier molecular flexibility index (Phi) is 5.84. The molecule has 1 aromatic heterocycles. The van der Waals surface area contributed by atoms with Crippen LogP contribution in [0.25, 0.3) is 0 Å². The number of aryl methyl sites for hydroxylation is 1. The fourth-order valence-electron chi connectivity index (χ4n) is 2.19. The minimum atomic E-state index is 0.531. The molecule has 1 heterocycles. The van der Waals surface area contributed by atoms with Gasteiger partial charge in [-0.1, -0.05) is 22.9 Å². The number of benzene rings is 1. The quantitative estimate of drug-likeness (QED) is 0.713. The van der Waals surface area contributed by atoms with Crippen LogP contribution in [-0.2, 0) is 13.0 Å². The van der Waals surface area contributed by atoms with Gasteiger partial charge < -0.3 is 14.9 Å². The van der Waals surface area contributed by atoms with Gasteiger partial charge >= 0.3 is 0 Å². The molecule has 0 aliphatic rings. The van der Waals surface area contributed by atoms with E-state index in [-0.39, 0.29) is 0 Å². The van der Waals surface area contributed by atoms with E-state index < -0.39 is 0 Å². The molecule has 0 bridgehead atoms. The summed E-state index contributed by atoms with van der Waals surface area (Å²) >= 11 is 8.74. The highest BCUT2D eigenvalue weighted by Crippen LogP contribution is 2.34. The molecule has 0 saturated heterocycles. The van der Waals surface area contributed by atoms with Crippen LogP contribution in [0.15, 0.2) is 16.6 Å². The maximum atomic E-state index is 5.46. The average molecular weight is 387 g/mol. The smallest absolute Gasteiger partial charge is 0.214 e. The molecule has 2 N–H and O–H groups in total. The number of rotatable bonds is 7. The third-order valence-electron chi connectivity index (χ3n) is 3.16. The van der Waals surface area contributed by atoms with Crippen molar-refractivity contribution in [3.63, 3.8) is 0 Å². The van der Waals surface area contributed by atoms with Crippen molar-refractivity contribution in [2.75, 3.05) is 19.6 Å². The third kappa shape index (κ3) is 3.61. The highest BCUT2D eigenvalue weighted by molar-refractivity contribution is 9.10. The Hall–Kier alpha value is -1.54. The summed E-state index contributed by atoms with van der Waals surface area (Å²) in [5.41, 5.74) is 4.24. The molecule has 0 atom stereocenters. The van der Waals surface area contributed by atoms with Crippen molar-refractivity contribution in [1.29, 1.82) is 0 Å². The van der Waals surface area contributed by atoms with Crippen LogP contribution >= 0.6 is 28.1 Å². The fourth-order valence-corrected chi connectivity index (χ4v) is 2.89. The first-order chi connectivity index (χ1) is 10.6. The Labute approximate surface area is 142 Å². The molecular weight excluding hydrogens is 368 g/mol. The lowest BCUT2D eigenvalue weighted by molar-refractivity contribution is 0.351. The number of nitrogens with one attached hydrogen (secondary N) is 2. The maximum Gasteiger partial charge on any atom is 0.214 e. The summed E-state index contributed by atoms with van der Waals surface area (Å²) in [6, 6.07) is 3.85. The molecule has 2 aromatic rings. The van der Waals surface area contributed by atoms with E-state index in [1.165, 1.54) is 0 Å². The lowest BCUT2D eigenvalue weighted by Crippen LogP contribution is -2.18. The van der Waals surface area contributed by atoms with E-state index in [1.54, 1.807) is 18.9 Å². The average Bonchev–Trinajstić information content (AvgIpc) is 2.85. The normalized spacial score (nSPS) is 10.5. The summed E-state index contributed by atoms with van der Waals surface area (Å²) in [6.45, 7) is 2.63. The van der Waals surface area contributed by atoms with Crippen molar-refractivity contribution >= 4 is 28.1 Å². The first-order valence-electron chi connectivity index (χ1n) is 6.91. The van der Waals surface area contributed by atoms with Crippen LogP contribution in [-0.4, -0.2) is 29.1 Å². The van der Waals surface area contributed by atoms with Crippen molar-refractivity contribution in [1.82, 2.24) is 14.9 Å². The summed E-state index contributed by atoms with van der Waals surface area (Å²) in [6.07, 6.45) is 1.84. The standard InChI is InChI=1S/C14H19BrN4O2S/c1-4-5-12-17-18-14(22)19(12)16-8-9-6-10(15)7-11(20-2)13(9)21-3/h6-7,16H,4-5,8H2,1-3H3,(H,18,22). The molecule has 22 heavy (non-hydrogen) atoms. The topological polar surface area (TPSA) is 64.1 Å². The van der Waals surface area contributed by atoms with Gasteiger partial charge in [0.1, 0.15) is 0 Å². The van der Waals surface area contributed by atoms with Gasteiger partial charge in [-0.2, -0.15) is 5.10 Å². The molecule has 0 aliphatic carbocycles. The number of aromatic nitrogens is 3. The molecule has 0 radical (unpaired) electrons. The predicted molar refractivity (Wildman–Crippen MR) is 91.7 cm³/mol. The highest BCUT2D eigenvalue weighted by Gasteiger charge is 2.13. The van der Waals surface area contributed by atoms with Gasteiger partial charge in [0, 0.05) is 16.5 Å². The van der Waals surface area contributed by atoms with Crippen LogP contribution < -0.4 is 14.9 Å². The van der Waals surface area contributed by atoms with Gasteiger partial charge in [0.25, 0.3) is 0 Å². The van der Waals surface area contributed by atoms with Gasteiger partial charge in [0.05, 0.1) is 20.8 Å². The molecule has 0 aliphatic heterocycles. The summed E-state index contributed by atoms with van der Waals surface area (Å²) in [4.78, 5) is 0. The Bertz CT molecular complexity index is 699. The SMILES string of the molecule is CCCc1n[nH]c(=S)n1NCc1cc(Br)cc(OC)c1OC. The zero-order valence-electron chi connectivity index (χ0n) is 12.8. The number of hydrogen-bond donors (Lipinski definition) is 2. The molecule has 0 saturated carbocycles. The molecule has 0 unspecified atom stereocenters. The molecule has 120 valence electrons. The van der Waals surface area contributed by atoms with Gasteiger partial charge in [-0.3, -0.25) is 5.10 Å². The Balaban J connectivity index is 2.27. The number of methoxy groups -OCH3 is 2. The van der Waals surface area contributed by atoms with E-state index in [4.69, 9.17) is 21.7 Å². The summed E-state index contributed by atoms with van der Waals surface area (Å²) in [7, 11) is 3.24. The van der Waals surface area contributed by atoms with Crippen LogP contribution in [0.2, 0.25) is 0 Å². The van der Waals surface area contributed by atoms with Crippen molar-refractivity contribution in [2.24, 2.45) is 0 Å². The second-order valence-corrected chi connectivity index (χ2v) is 5.97. The number of nitrogens with zero attached hydrogens (tertiary/aromatic N) is 2. The summed E-state index contributed by atoms with van der Waals surface area (Å²) in [5.74, 6) is 2.26. The van der Waals surface area contributed by atoms with Crippen LogP contribution in [0.3, 0.4) is 0 Å². The van der Waals surface area contributed by atoms with E-state index >= 15 is 0 Å². The molecule has 0 spiro atoms. The van der Waals surface area contributed by atoms with Crippen molar-refractivity contribution in [2.45, 2.75) is 26.3 Å². The van der Waals surface area contributed by atoms with Crippen molar-refractivity contribution in [3.05, 3.63) is 32.8 Å². The highest BCUT2D eigenvalue weighted by atomic mass is 79.9. The van der Waals surface area contributed by atoms with E-state index in [9.17, 15) is 0 Å². The Morgan fingerprint density at radius 1 is 1.36 bits per heavy atom. The van der Waals surface area contributed by atoms with Gasteiger partial charge in [-0.25, -0.2) is 4.68 Å². The van der Waals surface area contributed by atoms with E-state index in [1.807, 2.05) is 12.1 Å². The fraction of sp³-hybridized carbons (Fsp3) is 0.429. The number of halogens is 1. The number of H-pyrrole nitrogens is 1. The zero-order chi connectivity index (χ0) is 16.1. The molecule has 8 heteroatoms. The van der Waals surface area contributed by atoms with E-state index in [0.717, 1.165) is 28.7 Å². The number of ether oxygens (including phenoxy) is 2. The second kappa shape index (κ2) is 7.64. The minimum Gasteiger partial charge on any atom is -0.493 e. The minimum absolute atomic E-state index is 0.531. The van der Waals surface area contributed by atoms with Crippen LogP contribution in [0.4, 0.5) is 0 Å². The van der Waals surface area contributed by atoms with Gasteiger partial charge in [-0.15, -0.1) is 0 Å². The molecule has 6 nitrogen and oxygen atoms in total. The Morgan fingerprint density at radius 2 is 2.14 bits per heavy atom. The van der Waals surface area contributed by atoms with Gasteiger partial charge in [0.15, 0.2) is 17.3 Å². The van der Waals surface area contributed by atoms with E-state index in [0.29, 0.717) is 22.8 Å². The van der Waals surface area contributed by atoms with Gasteiger partial charge in [-0.05, 0) is 30.8 Å². The number of hydrogen-bond acceptors (Lipinski definition) is 5. The maximum absolute atomic E-state index is 5.46. The zero-order valence-corrected chi connectivity index (χ0v) is 15.2. The number of aromatic amines is 1. The molecule has 1 aromatic carbocycles. The van der Waals surface area contributed by atoms with Crippen LogP contribution in [0, 0.1) is 4.77 Å². The Morgan fingerprint density at radius 3 is 2.77 bits per heavy atom. The van der Waals surface area contributed by atoms with Crippen molar-refractivity contribution in [3.8, 4) is 11.5 Å². The molecule has 0 amide bonds. The predicted octanol–water partition coefficient (Wildman–Crippen LogP) is 3.42. The van der Waals surface area contributed by atoms with E-state index in [2.05, 4.69) is 38.5 Å². The second-order valence-electron chi connectivity index (χ2n) is 4.67. The first kappa shape index (κ1) is 16.8. The summed E-state index contributed by atoms with van der Waals surface area (Å²) < 4.78 is 14.1. The summed E-state index contributed by atoms with van der Waals surface area (Å²) in [5, 5.41) is 7.04. The van der Waals surface area contributed by atoms with Crippen LogP contribution in [0.5, 0.6) is 11.5 Å². The monoisotopic (exact) mass is 386 g/mol. The molecule has 2 rings (SSSR count). The lowest BCUT2D eigenvalue weighted by atomic mass is 10.2. The third-order valence-corrected chi connectivity index (χ3v) is 3.90.